The average molecular weight is 393 g/mol. The molecule has 0 amide bonds. The lowest BCUT2D eigenvalue weighted by atomic mass is 10.00. The fourth-order valence-corrected chi connectivity index (χ4v) is 4.08. The number of likely N-dealkylation sites (tertiary alicyclic amines) is 1. The Hall–Kier alpha value is -2.79. The maximum Gasteiger partial charge on any atom is 0.342 e. The van der Waals surface area contributed by atoms with E-state index < -0.39 is 0 Å². The van der Waals surface area contributed by atoms with E-state index in [-0.39, 0.29) is 5.97 Å². The maximum atomic E-state index is 13.0. The van der Waals surface area contributed by atoms with Crippen molar-refractivity contribution in [3.63, 3.8) is 0 Å². The molecule has 0 N–H and O–H groups in total. The van der Waals surface area contributed by atoms with Gasteiger partial charge in [0.2, 0.25) is 0 Å². The predicted molar refractivity (Wildman–Crippen MR) is 113 cm³/mol. The van der Waals surface area contributed by atoms with Crippen LogP contribution in [0.5, 0.6) is 5.75 Å². The summed E-state index contributed by atoms with van der Waals surface area (Å²) in [6.07, 6.45) is 3.69. The van der Waals surface area contributed by atoms with Crippen LogP contribution in [0.4, 0.5) is 0 Å². The zero-order valence-electron chi connectivity index (χ0n) is 17.1. The number of carbonyl (C=O) groups is 1. The summed E-state index contributed by atoms with van der Waals surface area (Å²) in [6, 6.07) is 13.6. The summed E-state index contributed by atoms with van der Waals surface area (Å²) in [5.41, 5.74) is 3.05. The molecule has 5 nitrogen and oxygen atoms in total. The summed E-state index contributed by atoms with van der Waals surface area (Å²) in [7, 11) is 1.65. The number of piperidine rings is 1. The van der Waals surface area contributed by atoms with Crippen molar-refractivity contribution in [2.24, 2.45) is 0 Å². The number of esters is 1. The van der Waals surface area contributed by atoms with Crippen molar-refractivity contribution in [3.05, 3.63) is 53.6 Å². The van der Waals surface area contributed by atoms with Gasteiger partial charge in [-0.05, 0) is 44.5 Å². The molecule has 0 aliphatic carbocycles. The molecule has 1 fully saturated rings. The first-order valence-corrected chi connectivity index (χ1v) is 10.3. The van der Waals surface area contributed by atoms with Crippen molar-refractivity contribution in [3.8, 4) is 17.1 Å². The van der Waals surface area contributed by atoms with Crippen LogP contribution in [0, 0.1) is 0 Å². The van der Waals surface area contributed by atoms with Gasteiger partial charge in [-0.3, -0.25) is 4.90 Å². The van der Waals surface area contributed by atoms with Gasteiger partial charge in [0.05, 0.1) is 13.7 Å². The van der Waals surface area contributed by atoms with E-state index in [0.717, 1.165) is 41.9 Å². The summed E-state index contributed by atoms with van der Waals surface area (Å²) in [5.74, 6) is 0.927. The molecule has 0 unspecified atom stereocenters. The van der Waals surface area contributed by atoms with Crippen LogP contribution in [-0.4, -0.2) is 37.7 Å². The van der Waals surface area contributed by atoms with Gasteiger partial charge in [-0.25, -0.2) is 4.79 Å². The minimum atomic E-state index is -0.352. The van der Waals surface area contributed by atoms with E-state index in [1.807, 2.05) is 49.4 Å². The zero-order chi connectivity index (χ0) is 20.2. The first-order valence-electron chi connectivity index (χ1n) is 10.3. The quantitative estimate of drug-likeness (QED) is 0.534. The highest BCUT2D eigenvalue weighted by Crippen LogP contribution is 2.39. The summed E-state index contributed by atoms with van der Waals surface area (Å²) in [5, 5.41) is 0.827. The molecular formula is C24H27NO4. The molecular weight excluding hydrogens is 366 g/mol. The van der Waals surface area contributed by atoms with E-state index in [0.29, 0.717) is 23.5 Å². The number of hydrogen-bond donors (Lipinski definition) is 0. The first-order chi connectivity index (χ1) is 14.2. The Balaban J connectivity index is 1.91. The summed E-state index contributed by atoms with van der Waals surface area (Å²) >= 11 is 0. The van der Waals surface area contributed by atoms with Crippen molar-refractivity contribution in [1.82, 2.24) is 4.90 Å². The molecule has 0 spiro atoms. The van der Waals surface area contributed by atoms with Crippen molar-refractivity contribution in [1.29, 1.82) is 0 Å². The number of carbonyl (C=O) groups excluding carboxylic acids is 1. The second kappa shape index (κ2) is 8.70. The third kappa shape index (κ3) is 4.01. The number of hydrogen-bond acceptors (Lipinski definition) is 5. The molecule has 1 aliphatic rings. The van der Waals surface area contributed by atoms with Gasteiger partial charge in [0.25, 0.3) is 0 Å². The van der Waals surface area contributed by atoms with E-state index in [2.05, 4.69) is 4.90 Å². The van der Waals surface area contributed by atoms with Crippen LogP contribution in [0.15, 0.2) is 46.9 Å². The van der Waals surface area contributed by atoms with Gasteiger partial charge in [0, 0.05) is 23.6 Å². The topological polar surface area (TPSA) is 51.9 Å². The van der Waals surface area contributed by atoms with Gasteiger partial charge in [-0.2, -0.15) is 0 Å². The molecule has 3 aromatic rings. The number of methoxy groups -OCH3 is 1. The molecule has 0 radical (unpaired) electrons. The van der Waals surface area contributed by atoms with E-state index in [1.165, 1.54) is 19.3 Å². The molecule has 5 heteroatoms. The molecule has 2 aromatic carbocycles. The van der Waals surface area contributed by atoms with Crippen LogP contribution in [0.3, 0.4) is 0 Å². The minimum Gasteiger partial charge on any atom is -0.497 e. The monoisotopic (exact) mass is 393 g/mol. The summed E-state index contributed by atoms with van der Waals surface area (Å²) < 4.78 is 17.2. The highest BCUT2D eigenvalue weighted by molar-refractivity contribution is 6.10. The highest BCUT2D eigenvalue weighted by atomic mass is 16.5. The molecule has 29 heavy (non-hydrogen) atoms. The maximum absolute atomic E-state index is 13.0. The standard InChI is InChI=1S/C24H27NO4/c1-3-28-24(26)22-21-18(16-25-12-8-5-9-13-25)14-19(27-2)15-20(21)29-23(22)17-10-6-4-7-11-17/h4,6-7,10-11,14-15H,3,5,8-9,12-13,16H2,1-2H3. The molecule has 1 aromatic heterocycles. The fourth-order valence-electron chi connectivity index (χ4n) is 4.08. The second-order valence-corrected chi connectivity index (χ2v) is 7.39. The van der Waals surface area contributed by atoms with Gasteiger partial charge in [0.1, 0.15) is 22.7 Å². The number of fused-ring (bicyclic) bond motifs is 1. The minimum absolute atomic E-state index is 0.317. The predicted octanol–water partition coefficient (Wildman–Crippen LogP) is 5.27. The van der Waals surface area contributed by atoms with Gasteiger partial charge in [-0.1, -0.05) is 36.8 Å². The van der Waals surface area contributed by atoms with Crippen LogP contribution < -0.4 is 4.74 Å². The molecule has 0 atom stereocenters. The molecule has 1 saturated heterocycles. The summed E-state index contributed by atoms with van der Waals surface area (Å²) in [6.45, 7) is 5.03. The van der Waals surface area contributed by atoms with Crippen LogP contribution in [0.1, 0.15) is 42.1 Å². The first kappa shape index (κ1) is 19.5. The van der Waals surface area contributed by atoms with Gasteiger partial charge >= 0.3 is 5.97 Å². The van der Waals surface area contributed by atoms with Crippen molar-refractivity contribution < 1.29 is 18.7 Å². The van der Waals surface area contributed by atoms with Gasteiger partial charge in [0.15, 0.2) is 0 Å². The highest BCUT2D eigenvalue weighted by Gasteiger charge is 2.27. The average Bonchev–Trinajstić information content (AvgIpc) is 3.15. The smallest absolute Gasteiger partial charge is 0.342 e. The lowest BCUT2D eigenvalue weighted by molar-refractivity contribution is 0.0528. The van der Waals surface area contributed by atoms with Crippen LogP contribution in [0.2, 0.25) is 0 Å². The molecule has 152 valence electrons. The lowest BCUT2D eigenvalue weighted by Gasteiger charge is -2.26. The Morgan fingerprint density at radius 3 is 2.55 bits per heavy atom. The van der Waals surface area contributed by atoms with Crippen molar-refractivity contribution in [2.75, 3.05) is 26.8 Å². The number of ether oxygens (including phenoxy) is 2. The van der Waals surface area contributed by atoms with E-state index in [9.17, 15) is 4.79 Å². The molecule has 1 aliphatic heterocycles. The van der Waals surface area contributed by atoms with Crippen molar-refractivity contribution in [2.45, 2.75) is 32.7 Å². The third-order valence-corrected chi connectivity index (χ3v) is 5.44. The molecule has 0 saturated carbocycles. The van der Waals surface area contributed by atoms with E-state index in [1.54, 1.807) is 7.11 Å². The fraction of sp³-hybridized carbons (Fsp3) is 0.375. The third-order valence-electron chi connectivity index (χ3n) is 5.44. The number of furan rings is 1. The lowest BCUT2D eigenvalue weighted by Crippen LogP contribution is -2.29. The SMILES string of the molecule is CCOC(=O)c1c(-c2ccccc2)oc2cc(OC)cc(CN3CCCCC3)c12. The van der Waals surface area contributed by atoms with Crippen molar-refractivity contribution >= 4 is 16.9 Å². The summed E-state index contributed by atoms with van der Waals surface area (Å²) in [4.78, 5) is 15.4. The second-order valence-electron chi connectivity index (χ2n) is 7.39. The molecule has 4 rings (SSSR count). The Morgan fingerprint density at radius 2 is 1.86 bits per heavy atom. The van der Waals surface area contributed by atoms with E-state index in [4.69, 9.17) is 13.9 Å². The number of rotatable bonds is 6. The Labute approximate surface area is 171 Å². The largest absolute Gasteiger partial charge is 0.497 e. The molecule has 2 heterocycles. The van der Waals surface area contributed by atoms with Crippen LogP contribution in [0.25, 0.3) is 22.3 Å². The Bertz CT molecular complexity index is 987. The molecule has 0 bridgehead atoms. The van der Waals surface area contributed by atoms with E-state index >= 15 is 0 Å². The Morgan fingerprint density at radius 1 is 1.10 bits per heavy atom. The van der Waals surface area contributed by atoms with Crippen LogP contribution in [-0.2, 0) is 11.3 Å². The van der Waals surface area contributed by atoms with Gasteiger partial charge < -0.3 is 13.9 Å². The number of nitrogens with zero attached hydrogens (tertiary/aromatic N) is 1. The van der Waals surface area contributed by atoms with Crippen LogP contribution >= 0.6 is 0 Å². The normalized spacial score (nSPS) is 14.8. The number of benzene rings is 2. The Kier molecular flexibility index (Phi) is 5.86. The zero-order valence-corrected chi connectivity index (χ0v) is 17.1. The van der Waals surface area contributed by atoms with Gasteiger partial charge in [-0.15, -0.1) is 0 Å².